The Kier molecular flexibility index (Phi) is 3.77. The molecular weight excluding hydrogens is 326 g/mol. The summed E-state index contributed by atoms with van der Waals surface area (Å²) >= 11 is 1.01. The second-order valence-corrected chi connectivity index (χ2v) is 7.66. The molecule has 11 heteroatoms. The average molecular weight is 335 g/mol. The van der Waals surface area contributed by atoms with Gasteiger partial charge in [0.05, 0.1) is 9.79 Å². The van der Waals surface area contributed by atoms with Crippen LogP contribution in [0.4, 0.5) is 5.13 Å². The normalized spacial score (nSPS) is 12.3. The minimum absolute atomic E-state index is 0.100. The molecule has 0 saturated carbocycles. The fourth-order valence-corrected chi connectivity index (χ4v) is 3.96. The molecule has 20 heavy (non-hydrogen) atoms. The molecule has 0 radical (unpaired) electrons. The minimum atomic E-state index is -4.37. The van der Waals surface area contributed by atoms with Crippen LogP contribution in [0.1, 0.15) is 5.56 Å². The summed E-state index contributed by atoms with van der Waals surface area (Å²) < 4.78 is 57.3. The van der Waals surface area contributed by atoms with Crippen molar-refractivity contribution in [2.75, 3.05) is 4.72 Å². The van der Waals surface area contributed by atoms with Crippen molar-refractivity contribution in [2.45, 2.75) is 16.7 Å². The van der Waals surface area contributed by atoms with Gasteiger partial charge in [-0.15, -0.1) is 10.2 Å². The van der Waals surface area contributed by atoms with Crippen LogP contribution in [-0.4, -0.2) is 31.6 Å². The van der Waals surface area contributed by atoms with E-state index in [1.807, 2.05) is 0 Å². The SMILES string of the molecule is Cc1cc(S(=O)(=O)O)ccc1S(=O)(=O)Nc1nncs1. The molecule has 0 unspecified atom stereocenters. The Labute approximate surface area is 119 Å². The molecule has 0 saturated heterocycles. The van der Waals surface area contributed by atoms with Gasteiger partial charge >= 0.3 is 0 Å². The molecule has 0 fully saturated rings. The van der Waals surface area contributed by atoms with Crippen LogP contribution in [0, 0.1) is 6.92 Å². The van der Waals surface area contributed by atoms with Crippen molar-refractivity contribution in [1.82, 2.24) is 10.2 Å². The van der Waals surface area contributed by atoms with Crippen LogP contribution in [0.25, 0.3) is 0 Å². The van der Waals surface area contributed by atoms with E-state index in [2.05, 4.69) is 14.9 Å². The predicted molar refractivity (Wildman–Crippen MR) is 71.7 cm³/mol. The van der Waals surface area contributed by atoms with Crippen LogP contribution in [0.2, 0.25) is 0 Å². The maximum absolute atomic E-state index is 12.1. The average Bonchev–Trinajstić information content (AvgIpc) is 2.79. The van der Waals surface area contributed by atoms with Gasteiger partial charge in [-0.05, 0) is 30.7 Å². The Morgan fingerprint density at radius 1 is 1.25 bits per heavy atom. The third kappa shape index (κ3) is 3.12. The number of benzene rings is 1. The highest BCUT2D eigenvalue weighted by Gasteiger charge is 2.20. The van der Waals surface area contributed by atoms with E-state index in [1.54, 1.807) is 0 Å². The lowest BCUT2D eigenvalue weighted by Crippen LogP contribution is -2.14. The molecule has 0 bridgehead atoms. The van der Waals surface area contributed by atoms with E-state index < -0.39 is 20.1 Å². The van der Waals surface area contributed by atoms with Crippen LogP contribution >= 0.6 is 11.3 Å². The zero-order valence-electron chi connectivity index (χ0n) is 10.0. The third-order valence-corrected chi connectivity index (χ3v) is 5.40. The fourth-order valence-electron chi connectivity index (χ4n) is 1.47. The molecule has 0 amide bonds. The van der Waals surface area contributed by atoms with Crippen molar-refractivity contribution in [3.63, 3.8) is 0 Å². The van der Waals surface area contributed by atoms with E-state index >= 15 is 0 Å². The molecule has 2 aromatic rings. The van der Waals surface area contributed by atoms with E-state index in [1.165, 1.54) is 12.4 Å². The molecule has 2 rings (SSSR count). The highest BCUT2D eigenvalue weighted by Crippen LogP contribution is 2.22. The molecule has 0 aliphatic rings. The van der Waals surface area contributed by atoms with Crippen LogP contribution in [-0.2, 0) is 20.1 Å². The molecule has 0 aliphatic heterocycles. The van der Waals surface area contributed by atoms with Crippen LogP contribution < -0.4 is 4.72 Å². The van der Waals surface area contributed by atoms with Gasteiger partial charge in [-0.3, -0.25) is 9.27 Å². The maximum atomic E-state index is 12.1. The molecule has 0 atom stereocenters. The number of nitrogens with one attached hydrogen (secondary N) is 1. The number of hydrogen-bond donors (Lipinski definition) is 2. The topological polar surface area (TPSA) is 126 Å². The molecule has 8 nitrogen and oxygen atoms in total. The van der Waals surface area contributed by atoms with Crippen LogP contribution in [0.15, 0.2) is 33.5 Å². The number of anilines is 1. The Bertz CT molecular complexity index is 828. The Hall–Kier alpha value is -1.56. The maximum Gasteiger partial charge on any atom is 0.294 e. The highest BCUT2D eigenvalue weighted by atomic mass is 32.2. The monoisotopic (exact) mass is 335 g/mol. The molecule has 0 aliphatic carbocycles. The largest absolute Gasteiger partial charge is 0.294 e. The summed E-state index contributed by atoms with van der Waals surface area (Å²) in [7, 11) is -8.27. The van der Waals surface area contributed by atoms with Gasteiger partial charge in [-0.1, -0.05) is 11.3 Å². The lowest BCUT2D eigenvalue weighted by molar-refractivity contribution is 0.483. The van der Waals surface area contributed by atoms with Crippen molar-refractivity contribution in [1.29, 1.82) is 0 Å². The Balaban J connectivity index is 2.43. The summed E-state index contributed by atoms with van der Waals surface area (Å²) in [6.45, 7) is 1.42. The quantitative estimate of drug-likeness (QED) is 0.795. The second kappa shape index (κ2) is 5.09. The number of sulfonamides is 1. The van der Waals surface area contributed by atoms with Crippen molar-refractivity contribution in [3.8, 4) is 0 Å². The first-order valence-corrected chi connectivity index (χ1v) is 8.87. The Morgan fingerprint density at radius 3 is 2.45 bits per heavy atom. The number of nitrogens with zero attached hydrogens (tertiary/aromatic N) is 2. The van der Waals surface area contributed by atoms with Gasteiger partial charge in [-0.25, -0.2) is 8.42 Å². The summed E-state index contributed by atoms with van der Waals surface area (Å²) in [6, 6.07) is 3.18. The summed E-state index contributed by atoms with van der Waals surface area (Å²) in [4.78, 5) is -0.482. The van der Waals surface area contributed by atoms with Crippen LogP contribution in [0.5, 0.6) is 0 Å². The first kappa shape index (κ1) is 14.8. The van der Waals surface area contributed by atoms with Crippen molar-refractivity contribution < 1.29 is 21.4 Å². The van der Waals surface area contributed by atoms with Gasteiger partial charge in [-0.2, -0.15) is 8.42 Å². The molecular formula is C9H9N3O5S3. The molecule has 0 spiro atoms. The van der Waals surface area contributed by atoms with Gasteiger partial charge in [0.2, 0.25) is 5.13 Å². The smallest absolute Gasteiger partial charge is 0.282 e. The van der Waals surface area contributed by atoms with E-state index in [0.29, 0.717) is 0 Å². The van der Waals surface area contributed by atoms with Crippen LogP contribution in [0.3, 0.4) is 0 Å². The van der Waals surface area contributed by atoms with Crippen molar-refractivity contribution in [2.24, 2.45) is 0 Å². The van der Waals surface area contributed by atoms with Gasteiger partial charge in [0.25, 0.3) is 20.1 Å². The van der Waals surface area contributed by atoms with Gasteiger partial charge in [0, 0.05) is 0 Å². The summed E-state index contributed by atoms with van der Waals surface area (Å²) in [5, 5.41) is 7.15. The zero-order valence-corrected chi connectivity index (χ0v) is 12.5. The lowest BCUT2D eigenvalue weighted by Gasteiger charge is -2.08. The molecule has 1 aromatic heterocycles. The second-order valence-electron chi connectivity index (χ2n) is 3.75. The fraction of sp³-hybridized carbons (Fsp3) is 0.111. The molecule has 1 heterocycles. The van der Waals surface area contributed by atoms with E-state index in [-0.39, 0.29) is 20.5 Å². The number of aryl methyl sites for hydroxylation is 1. The van der Waals surface area contributed by atoms with Crippen molar-refractivity contribution >= 4 is 36.6 Å². The molecule has 2 N–H and O–H groups in total. The van der Waals surface area contributed by atoms with Crippen molar-refractivity contribution in [3.05, 3.63) is 29.3 Å². The standard InChI is InChI=1S/C9H9N3O5S3/c1-6-4-7(20(15,16)17)2-3-8(6)19(13,14)12-9-11-10-5-18-9/h2-5H,1H3,(H,11,12)(H,15,16,17). The summed E-state index contributed by atoms with van der Waals surface area (Å²) in [5.41, 5.74) is 1.55. The number of rotatable bonds is 4. The van der Waals surface area contributed by atoms with E-state index in [0.717, 1.165) is 29.5 Å². The predicted octanol–water partition coefficient (Wildman–Crippen LogP) is 0.894. The zero-order chi connectivity index (χ0) is 15.0. The van der Waals surface area contributed by atoms with E-state index in [9.17, 15) is 16.8 Å². The summed E-state index contributed by atoms with van der Waals surface area (Å²) in [6.07, 6.45) is 0. The molecule has 1 aromatic carbocycles. The minimum Gasteiger partial charge on any atom is -0.282 e. The Morgan fingerprint density at radius 2 is 1.95 bits per heavy atom. The first-order valence-electron chi connectivity index (χ1n) is 5.07. The third-order valence-electron chi connectivity index (χ3n) is 2.32. The number of hydrogen-bond acceptors (Lipinski definition) is 7. The van der Waals surface area contributed by atoms with Gasteiger partial charge in [0.15, 0.2) is 0 Å². The summed E-state index contributed by atoms with van der Waals surface area (Å²) in [5.74, 6) is 0. The number of aromatic nitrogens is 2. The van der Waals surface area contributed by atoms with Gasteiger partial charge in [0.1, 0.15) is 5.51 Å². The van der Waals surface area contributed by atoms with E-state index in [4.69, 9.17) is 4.55 Å². The molecule has 108 valence electrons. The van der Waals surface area contributed by atoms with Gasteiger partial charge < -0.3 is 0 Å². The lowest BCUT2D eigenvalue weighted by atomic mass is 10.2. The highest BCUT2D eigenvalue weighted by molar-refractivity contribution is 7.93. The first-order chi connectivity index (χ1) is 9.20.